The number of aliphatic hydroxyl groups excluding tert-OH is 1. The van der Waals surface area contributed by atoms with Crippen molar-refractivity contribution in [2.75, 3.05) is 0 Å². The molecule has 1 rings (SSSR count). The van der Waals surface area contributed by atoms with Crippen LogP contribution in [-0.4, -0.2) is 10.9 Å². The summed E-state index contributed by atoms with van der Waals surface area (Å²) >= 11 is 0. The van der Waals surface area contributed by atoms with Gasteiger partial charge in [-0.1, -0.05) is 19.4 Å². The van der Waals surface area contributed by atoms with Crippen LogP contribution in [0.15, 0.2) is 38.0 Å². The summed E-state index contributed by atoms with van der Waals surface area (Å²) in [5, 5.41) is 13.8. The maximum absolute atomic E-state index is 11.0. The van der Waals surface area contributed by atoms with E-state index in [1.165, 1.54) is 5.57 Å². The van der Waals surface area contributed by atoms with E-state index in [0.29, 0.717) is 6.42 Å². The van der Waals surface area contributed by atoms with Gasteiger partial charge in [-0.25, -0.2) is 0 Å². The monoisotopic (exact) mass is 237 g/mol. The minimum Gasteiger partial charge on any atom is -0.443 e. The lowest BCUT2D eigenvalue weighted by Gasteiger charge is -2.27. The largest absolute Gasteiger partial charge is 0.443 e. The Kier molecular flexibility index (Phi) is 14.8. The number of hydrogen-bond acceptors (Lipinski definition) is 3. The molecule has 0 saturated heterocycles. The molecule has 1 N–H and O–H groups in total. The fourth-order valence-corrected chi connectivity index (χ4v) is 1.67. The number of allylic oxidation sites excluding steroid dienone is 2. The number of rotatable bonds is 0. The molecule has 0 radical (unpaired) electrons. The highest BCUT2D eigenvalue weighted by molar-refractivity contribution is 5.91. The minimum atomic E-state index is 0.204. The van der Waals surface area contributed by atoms with E-state index in [2.05, 4.69) is 40.2 Å². The van der Waals surface area contributed by atoms with Crippen LogP contribution in [-0.2, 0) is 4.79 Å². The van der Waals surface area contributed by atoms with Crippen LogP contribution in [0, 0.1) is 16.9 Å². The third-order valence-electron chi connectivity index (χ3n) is 1.82. The van der Waals surface area contributed by atoms with Gasteiger partial charge in [0.05, 0.1) is 0 Å². The highest BCUT2D eigenvalue weighted by atomic mass is 16.2. The Morgan fingerprint density at radius 3 is 1.88 bits per heavy atom. The van der Waals surface area contributed by atoms with Crippen molar-refractivity contribution in [3.63, 3.8) is 0 Å². The van der Waals surface area contributed by atoms with Crippen LogP contribution < -0.4 is 0 Å². The van der Waals surface area contributed by atoms with Crippen molar-refractivity contribution in [1.29, 1.82) is 5.26 Å². The van der Waals surface area contributed by atoms with Crippen LogP contribution in [0.3, 0.4) is 0 Å². The minimum absolute atomic E-state index is 0.204. The van der Waals surface area contributed by atoms with Crippen molar-refractivity contribution in [2.45, 2.75) is 33.6 Å². The molecule has 0 aromatic carbocycles. The van der Waals surface area contributed by atoms with Gasteiger partial charge in [0.2, 0.25) is 0 Å². The van der Waals surface area contributed by atoms with Crippen molar-refractivity contribution < 1.29 is 9.90 Å². The fraction of sp³-hybridized carbons (Fsp3) is 0.429. The standard InChI is InChI=1S/C9H14O.2C2H4.CHNO/c1-7-4-8(10)6-9(2,3)5-7;2*1-2;2-1-3/h4H,5-6H2,1-3H3;2*1-2H2;3H. The highest BCUT2D eigenvalue weighted by Gasteiger charge is 2.25. The lowest BCUT2D eigenvalue weighted by atomic mass is 9.77. The van der Waals surface area contributed by atoms with Crippen molar-refractivity contribution in [3.8, 4) is 6.26 Å². The van der Waals surface area contributed by atoms with Gasteiger partial charge in [-0.3, -0.25) is 4.79 Å². The lowest BCUT2D eigenvalue weighted by Crippen LogP contribution is -2.20. The maximum atomic E-state index is 11.0. The molecule has 1 aliphatic rings. The number of hydrogen-bond donors (Lipinski definition) is 1. The Hall–Kier alpha value is -1.82. The first-order chi connectivity index (χ1) is 7.91. The molecular formula is C14H23NO2. The number of aliphatic hydroxyl groups is 1. The fourth-order valence-electron chi connectivity index (χ4n) is 1.67. The second kappa shape index (κ2) is 12.3. The van der Waals surface area contributed by atoms with Crippen molar-refractivity contribution in [2.24, 2.45) is 5.41 Å². The van der Waals surface area contributed by atoms with Gasteiger partial charge in [0.1, 0.15) is 0 Å². The summed E-state index contributed by atoms with van der Waals surface area (Å²) < 4.78 is 0. The summed E-state index contributed by atoms with van der Waals surface area (Å²) in [7, 11) is 0. The van der Waals surface area contributed by atoms with Crippen LogP contribution in [0.25, 0.3) is 0 Å². The van der Waals surface area contributed by atoms with E-state index < -0.39 is 0 Å². The Balaban J connectivity index is -0.000000239. The Morgan fingerprint density at radius 1 is 1.29 bits per heavy atom. The molecule has 0 aromatic rings. The first kappa shape index (κ1) is 20.6. The Bertz CT molecular complexity index is 283. The van der Waals surface area contributed by atoms with Gasteiger partial charge in [-0.15, -0.1) is 26.3 Å². The number of carbonyl (C=O) groups is 1. The average molecular weight is 237 g/mol. The third-order valence-corrected chi connectivity index (χ3v) is 1.82. The molecule has 0 atom stereocenters. The van der Waals surface area contributed by atoms with Crippen LogP contribution >= 0.6 is 0 Å². The van der Waals surface area contributed by atoms with Crippen molar-refractivity contribution in [1.82, 2.24) is 0 Å². The van der Waals surface area contributed by atoms with Gasteiger partial charge < -0.3 is 5.11 Å². The molecule has 0 heterocycles. The molecule has 3 heteroatoms. The summed E-state index contributed by atoms with van der Waals surface area (Å²) in [5.74, 6) is 0.286. The molecule has 0 saturated carbocycles. The summed E-state index contributed by atoms with van der Waals surface area (Å²) in [6, 6.07) is 0. The lowest BCUT2D eigenvalue weighted by molar-refractivity contribution is -0.117. The number of nitrogens with zero attached hydrogens (tertiary/aromatic N) is 1. The third kappa shape index (κ3) is 14.2. The van der Waals surface area contributed by atoms with Crippen LogP contribution in [0.2, 0.25) is 0 Å². The molecule has 3 nitrogen and oxygen atoms in total. The molecule has 0 aromatic heterocycles. The predicted molar refractivity (Wildman–Crippen MR) is 71.8 cm³/mol. The summed E-state index contributed by atoms with van der Waals surface area (Å²) in [6.45, 7) is 18.3. The molecule has 0 unspecified atom stereocenters. The molecular weight excluding hydrogens is 214 g/mol. The van der Waals surface area contributed by atoms with Gasteiger partial charge >= 0.3 is 0 Å². The normalized spacial score (nSPS) is 15.2. The molecule has 0 fully saturated rings. The highest BCUT2D eigenvalue weighted by Crippen LogP contribution is 2.32. The zero-order valence-electron chi connectivity index (χ0n) is 11.1. The first-order valence-electron chi connectivity index (χ1n) is 5.14. The van der Waals surface area contributed by atoms with E-state index in [1.54, 1.807) is 6.08 Å². The second-order valence-corrected chi connectivity index (χ2v) is 4.07. The summed E-state index contributed by atoms with van der Waals surface area (Å²) in [4.78, 5) is 11.0. The van der Waals surface area contributed by atoms with Crippen LogP contribution in [0.4, 0.5) is 0 Å². The van der Waals surface area contributed by atoms with Crippen molar-refractivity contribution in [3.05, 3.63) is 38.0 Å². The zero-order valence-corrected chi connectivity index (χ0v) is 11.1. The Morgan fingerprint density at radius 2 is 1.65 bits per heavy atom. The predicted octanol–water partition coefficient (Wildman–Crippen LogP) is 3.77. The van der Waals surface area contributed by atoms with E-state index in [-0.39, 0.29) is 11.2 Å². The molecule has 0 aliphatic heterocycles. The van der Waals surface area contributed by atoms with Gasteiger partial charge in [0.15, 0.2) is 5.78 Å². The van der Waals surface area contributed by atoms with E-state index in [0.717, 1.165) is 12.7 Å². The van der Waals surface area contributed by atoms with Crippen LogP contribution in [0.1, 0.15) is 33.6 Å². The average Bonchev–Trinajstić information content (AvgIpc) is 2.21. The van der Waals surface area contributed by atoms with E-state index >= 15 is 0 Å². The summed E-state index contributed by atoms with van der Waals surface area (Å²) in [6.07, 6.45) is 4.30. The number of ketones is 1. The topological polar surface area (TPSA) is 61.1 Å². The number of nitriles is 1. The number of carbonyl (C=O) groups excluding carboxylic acids is 1. The SMILES string of the molecule is C=C.C=C.CC1=CC(=O)CC(C)(C)C1.N#CO. The maximum Gasteiger partial charge on any atom is 0.283 e. The molecule has 0 spiro atoms. The molecule has 1 aliphatic carbocycles. The zero-order chi connectivity index (χ0) is 14.5. The Labute approximate surface area is 105 Å². The molecule has 17 heavy (non-hydrogen) atoms. The molecule has 0 bridgehead atoms. The van der Waals surface area contributed by atoms with E-state index in [4.69, 9.17) is 10.4 Å². The smallest absolute Gasteiger partial charge is 0.283 e. The van der Waals surface area contributed by atoms with E-state index in [1.807, 2.05) is 6.92 Å². The quantitative estimate of drug-likeness (QED) is 0.515. The van der Waals surface area contributed by atoms with Crippen LogP contribution in [0.5, 0.6) is 0 Å². The van der Waals surface area contributed by atoms with Gasteiger partial charge in [0, 0.05) is 6.42 Å². The van der Waals surface area contributed by atoms with Gasteiger partial charge in [-0.05, 0) is 24.8 Å². The van der Waals surface area contributed by atoms with Crippen molar-refractivity contribution >= 4 is 5.78 Å². The van der Waals surface area contributed by atoms with E-state index in [9.17, 15) is 4.79 Å². The second-order valence-electron chi connectivity index (χ2n) is 4.07. The van der Waals surface area contributed by atoms with Gasteiger partial charge in [0.25, 0.3) is 6.26 Å². The summed E-state index contributed by atoms with van der Waals surface area (Å²) in [5.41, 5.74) is 1.43. The molecule has 0 amide bonds. The van der Waals surface area contributed by atoms with Gasteiger partial charge in [-0.2, -0.15) is 5.26 Å². The first-order valence-corrected chi connectivity index (χ1v) is 5.14. The molecule has 96 valence electrons.